The van der Waals surface area contributed by atoms with Crippen LogP contribution in [0.25, 0.3) is 0 Å². The van der Waals surface area contributed by atoms with Gasteiger partial charge in [-0.15, -0.1) is 0 Å². The number of rotatable bonds is 11. The normalized spacial score (nSPS) is 11.2. The standard InChI is InChI=1S/C22H24ClN3O8/c1-4-32-18-9-6-14(10-19(18)33-5-2)22(29)24-12-20(27)34-13(3)21(28)25-17-8-7-15(26(30)31)11-16(17)23/h6-11,13H,4-5,12H2,1-3H3,(H,24,29)(H,25,28). The van der Waals surface area contributed by atoms with E-state index in [-0.39, 0.29) is 22.0 Å². The predicted molar refractivity (Wildman–Crippen MR) is 123 cm³/mol. The quantitative estimate of drug-likeness (QED) is 0.275. The summed E-state index contributed by atoms with van der Waals surface area (Å²) in [6.45, 7) is 5.28. The molecule has 2 aromatic carbocycles. The SMILES string of the molecule is CCOc1ccc(C(=O)NCC(=O)OC(C)C(=O)Nc2ccc([N+](=O)[O-])cc2Cl)cc1OCC. The van der Waals surface area contributed by atoms with Crippen molar-refractivity contribution in [3.05, 3.63) is 57.1 Å². The molecular weight excluding hydrogens is 470 g/mol. The average Bonchev–Trinajstić information content (AvgIpc) is 2.80. The minimum Gasteiger partial charge on any atom is -0.490 e. The van der Waals surface area contributed by atoms with E-state index >= 15 is 0 Å². The molecule has 0 saturated heterocycles. The van der Waals surface area contributed by atoms with E-state index < -0.39 is 35.4 Å². The van der Waals surface area contributed by atoms with Gasteiger partial charge >= 0.3 is 5.97 Å². The molecule has 182 valence electrons. The number of amides is 2. The molecule has 0 aromatic heterocycles. The fourth-order valence-electron chi connectivity index (χ4n) is 2.69. The number of ether oxygens (including phenoxy) is 3. The molecule has 0 fully saturated rings. The van der Waals surface area contributed by atoms with Crippen molar-refractivity contribution in [1.82, 2.24) is 5.32 Å². The number of benzene rings is 2. The second-order valence-electron chi connectivity index (χ2n) is 6.75. The molecule has 0 heterocycles. The molecular formula is C22H24ClN3O8. The number of carbonyl (C=O) groups is 3. The summed E-state index contributed by atoms with van der Waals surface area (Å²) in [6, 6.07) is 8.14. The summed E-state index contributed by atoms with van der Waals surface area (Å²) in [5.74, 6) is -1.20. The fourth-order valence-corrected chi connectivity index (χ4v) is 2.91. The summed E-state index contributed by atoms with van der Waals surface area (Å²) in [6.07, 6.45) is -1.22. The van der Waals surface area contributed by atoms with Crippen LogP contribution in [0.5, 0.6) is 11.5 Å². The highest BCUT2D eigenvalue weighted by atomic mass is 35.5. The van der Waals surface area contributed by atoms with E-state index in [1.165, 1.54) is 31.2 Å². The van der Waals surface area contributed by atoms with Crippen LogP contribution in [0.15, 0.2) is 36.4 Å². The van der Waals surface area contributed by atoms with Gasteiger partial charge in [0, 0.05) is 17.7 Å². The highest BCUT2D eigenvalue weighted by molar-refractivity contribution is 6.34. The van der Waals surface area contributed by atoms with E-state index in [1.807, 2.05) is 6.92 Å². The molecule has 1 atom stereocenters. The lowest BCUT2D eigenvalue weighted by atomic mass is 10.2. The van der Waals surface area contributed by atoms with E-state index in [2.05, 4.69) is 10.6 Å². The van der Waals surface area contributed by atoms with Crippen molar-refractivity contribution in [3.8, 4) is 11.5 Å². The van der Waals surface area contributed by atoms with Crippen LogP contribution in [0.4, 0.5) is 11.4 Å². The minimum absolute atomic E-state index is 0.0462. The molecule has 2 rings (SSSR count). The van der Waals surface area contributed by atoms with Crippen LogP contribution in [0.1, 0.15) is 31.1 Å². The smallest absolute Gasteiger partial charge is 0.326 e. The van der Waals surface area contributed by atoms with Gasteiger partial charge in [-0.2, -0.15) is 0 Å². The highest BCUT2D eigenvalue weighted by Crippen LogP contribution is 2.29. The van der Waals surface area contributed by atoms with Crippen LogP contribution in [0.2, 0.25) is 5.02 Å². The maximum Gasteiger partial charge on any atom is 0.326 e. The van der Waals surface area contributed by atoms with E-state index in [9.17, 15) is 24.5 Å². The number of hydrogen-bond acceptors (Lipinski definition) is 8. The molecule has 2 amide bonds. The molecule has 34 heavy (non-hydrogen) atoms. The van der Waals surface area contributed by atoms with Gasteiger partial charge < -0.3 is 24.8 Å². The Morgan fingerprint density at radius 2 is 1.74 bits per heavy atom. The Kier molecular flexibility index (Phi) is 9.62. The third-order valence-electron chi connectivity index (χ3n) is 4.30. The number of nitrogens with one attached hydrogen (secondary N) is 2. The van der Waals surface area contributed by atoms with Gasteiger partial charge in [-0.25, -0.2) is 0 Å². The summed E-state index contributed by atoms with van der Waals surface area (Å²) in [5.41, 5.74) is 0.131. The maximum absolute atomic E-state index is 12.4. The molecule has 12 heteroatoms. The van der Waals surface area contributed by atoms with Crippen LogP contribution in [-0.4, -0.2) is 48.6 Å². The maximum atomic E-state index is 12.4. The van der Waals surface area contributed by atoms with E-state index in [1.54, 1.807) is 13.0 Å². The third kappa shape index (κ3) is 7.34. The molecule has 0 aliphatic heterocycles. The van der Waals surface area contributed by atoms with Gasteiger partial charge in [-0.05, 0) is 45.0 Å². The summed E-state index contributed by atoms with van der Waals surface area (Å²) < 4.78 is 15.9. The lowest BCUT2D eigenvalue weighted by Gasteiger charge is -2.15. The Balaban J connectivity index is 1.90. The van der Waals surface area contributed by atoms with Crippen molar-refractivity contribution in [2.24, 2.45) is 0 Å². The Morgan fingerprint density at radius 3 is 2.35 bits per heavy atom. The van der Waals surface area contributed by atoms with Gasteiger partial charge in [0.1, 0.15) is 6.54 Å². The lowest BCUT2D eigenvalue weighted by molar-refractivity contribution is -0.384. The van der Waals surface area contributed by atoms with Crippen LogP contribution in [0, 0.1) is 10.1 Å². The lowest BCUT2D eigenvalue weighted by Crippen LogP contribution is -2.35. The van der Waals surface area contributed by atoms with E-state index in [0.29, 0.717) is 24.7 Å². The number of nitro groups is 1. The van der Waals surface area contributed by atoms with Crippen molar-refractivity contribution < 1.29 is 33.5 Å². The Hall–Kier alpha value is -3.86. The first-order chi connectivity index (χ1) is 16.2. The first kappa shape index (κ1) is 26.4. The predicted octanol–water partition coefficient (Wildman–Crippen LogP) is 3.35. The molecule has 11 nitrogen and oxygen atoms in total. The van der Waals surface area contributed by atoms with Gasteiger partial charge in [0.2, 0.25) is 0 Å². The summed E-state index contributed by atoms with van der Waals surface area (Å²) >= 11 is 5.94. The fraction of sp³-hybridized carbons (Fsp3) is 0.318. The molecule has 0 radical (unpaired) electrons. The monoisotopic (exact) mass is 493 g/mol. The number of non-ortho nitro benzene ring substituents is 1. The molecule has 0 aliphatic carbocycles. The number of hydrogen-bond donors (Lipinski definition) is 2. The first-order valence-electron chi connectivity index (χ1n) is 10.3. The summed E-state index contributed by atoms with van der Waals surface area (Å²) in [7, 11) is 0. The van der Waals surface area contributed by atoms with Gasteiger partial charge in [-0.3, -0.25) is 24.5 Å². The Labute approximate surface area is 200 Å². The second-order valence-corrected chi connectivity index (χ2v) is 7.16. The number of nitrogens with zero attached hydrogens (tertiary/aromatic N) is 1. The molecule has 1 unspecified atom stereocenters. The second kappa shape index (κ2) is 12.4. The van der Waals surface area contributed by atoms with Crippen molar-refractivity contribution in [1.29, 1.82) is 0 Å². The van der Waals surface area contributed by atoms with Crippen molar-refractivity contribution >= 4 is 40.8 Å². The summed E-state index contributed by atoms with van der Waals surface area (Å²) in [4.78, 5) is 46.9. The average molecular weight is 494 g/mol. The van der Waals surface area contributed by atoms with Gasteiger partial charge in [-0.1, -0.05) is 11.6 Å². The molecule has 2 aromatic rings. The van der Waals surface area contributed by atoms with Gasteiger partial charge in [0.05, 0.1) is 28.8 Å². The van der Waals surface area contributed by atoms with Crippen molar-refractivity contribution in [2.75, 3.05) is 25.1 Å². The molecule has 0 bridgehead atoms. The van der Waals surface area contributed by atoms with E-state index in [0.717, 1.165) is 6.07 Å². The topological polar surface area (TPSA) is 146 Å². The zero-order chi connectivity index (χ0) is 25.3. The summed E-state index contributed by atoms with van der Waals surface area (Å²) in [5, 5.41) is 15.6. The zero-order valence-corrected chi connectivity index (χ0v) is 19.5. The largest absolute Gasteiger partial charge is 0.490 e. The Morgan fingerprint density at radius 1 is 1.06 bits per heavy atom. The Bertz CT molecular complexity index is 1080. The van der Waals surface area contributed by atoms with Crippen molar-refractivity contribution in [3.63, 3.8) is 0 Å². The number of halogens is 1. The van der Waals surface area contributed by atoms with Crippen LogP contribution < -0.4 is 20.1 Å². The number of anilines is 1. The van der Waals surface area contributed by atoms with Crippen LogP contribution in [-0.2, 0) is 14.3 Å². The molecule has 0 aliphatic rings. The third-order valence-corrected chi connectivity index (χ3v) is 4.61. The van der Waals surface area contributed by atoms with Gasteiger partial charge in [0.25, 0.3) is 17.5 Å². The molecule has 0 saturated carbocycles. The van der Waals surface area contributed by atoms with Crippen LogP contribution in [0.3, 0.4) is 0 Å². The molecule has 2 N–H and O–H groups in total. The van der Waals surface area contributed by atoms with Gasteiger partial charge in [0.15, 0.2) is 17.6 Å². The highest BCUT2D eigenvalue weighted by Gasteiger charge is 2.20. The zero-order valence-electron chi connectivity index (χ0n) is 18.8. The van der Waals surface area contributed by atoms with Crippen LogP contribution >= 0.6 is 11.6 Å². The van der Waals surface area contributed by atoms with Crippen molar-refractivity contribution in [2.45, 2.75) is 26.9 Å². The number of nitro benzene ring substituents is 1. The first-order valence-corrected chi connectivity index (χ1v) is 10.7. The number of esters is 1. The van der Waals surface area contributed by atoms with E-state index in [4.69, 9.17) is 25.8 Å². The minimum atomic E-state index is -1.22. The number of carbonyl (C=O) groups excluding carboxylic acids is 3. The molecule has 0 spiro atoms.